The first kappa shape index (κ1) is 15.5. The van der Waals surface area contributed by atoms with Crippen LogP contribution >= 0.6 is 0 Å². The highest BCUT2D eigenvalue weighted by molar-refractivity contribution is 5.90. The van der Waals surface area contributed by atoms with Crippen LogP contribution in [0.3, 0.4) is 0 Å². The Morgan fingerprint density at radius 2 is 1.95 bits per heavy atom. The van der Waals surface area contributed by atoms with Crippen molar-refractivity contribution >= 4 is 11.9 Å². The molecule has 1 amide bonds. The van der Waals surface area contributed by atoms with E-state index in [2.05, 4.69) is 25.8 Å². The van der Waals surface area contributed by atoms with Crippen LogP contribution in [-0.4, -0.2) is 47.9 Å². The fourth-order valence-electron chi connectivity index (χ4n) is 1.54. The summed E-state index contributed by atoms with van der Waals surface area (Å²) in [6, 6.07) is 0. The van der Waals surface area contributed by atoms with E-state index in [9.17, 15) is 4.79 Å². The third kappa shape index (κ3) is 5.27. The molecule has 0 fully saturated rings. The minimum Gasteiger partial charge on any atom is -0.383 e. The number of methoxy groups -OCH3 is 1. The lowest BCUT2D eigenvalue weighted by Crippen LogP contribution is -2.31. The van der Waals surface area contributed by atoms with Gasteiger partial charge in [-0.3, -0.25) is 10.1 Å². The largest absolute Gasteiger partial charge is 0.383 e. The minimum atomic E-state index is -0.191. The maximum Gasteiger partial charge on any atom is 0.249 e. The molecule has 0 aromatic carbocycles. The minimum absolute atomic E-state index is 0.191. The predicted molar refractivity (Wildman–Crippen MR) is 72.0 cm³/mol. The Hall–Kier alpha value is -1.60. The molecular weight excluding hydrogens is 246 g/mol. The van der Waals surface area contributed by atoms with Crippen molar-refractivity contribution in [2.24, 2.45) is 0 Å². The zero-order valence-electron chi connectivity index (χ0n) is 11.7. The van der Waals surface area contributed by atoms with Crippen molar-refractivity contribution in [2.45, 2.75) is 26.7 Å². The molecule has 0 atom stereocenters. The number of aromatic nitrogens is 3. The topological polar surface area (TPSA) is 89.0 Å². The second-order valence-electron chi connectivity index (χ2n) is 3.95. The van der Waals surface area contributed by atoms with Gasteiger partial charge in [0.15, 0.2) is 0 Å². The molecule has 1 heterocycles. The van der Waals surface area contributed by atoms with Gasteiger partial charge in [0.2, 0.25) is 11.9 Å². The molecule has 0 radical (unpaired) electrons. The fourth-order valence-corrected chi connectivity index (χ4v) is 1.54. The Bertz CT molecular complexity index is 411. The van der Waals surface area contributed by atoms with E-state index in [1.807, 2.05) is 13.8 Å². The summed E-state index contributed by atoms with van der Waals surface area (Å²) >= 11 is 0. The summed E-state index contributed by atoms with van der Waals surface area (Å²) in [6.45, 7) is 5.39. The van der Waals surface area contributed by atoms with E-state index >= 15 is 0 Å². The van der Waals surface area contributed by atoms with Crippen LogP contribution in [0.5, 0.6) is 0 Å². The van der Waals surface area contributed by atoms with Crippen LogP contribution in [0.4, 0.5) is 5.95 Å². The number of ether oxygens (including phenoxy) is 1. The summed E-state index contributed by atoms with van der Waals surface area (Å²) in [6.07, 6.45) is 1.56. The van der Waals surface area contributed by atoms with E-state index in [0.717, 1.165) is 24.2 Å². The van der Waals surface area contributed by atoms with E-state index in [1.165, 1.54) is 0 Å². The molecule has 0 aliphatic carbocycles. The standard InChI is InChI=1S/C12H21N5O2/c1-4-9-10(5-2)16-17-12(14-9)15-11(18)8-13-6-7-19-3/h13H,4-8H2,1-3H3,(H,14,15,17,18). The van der Waals surface area contributed by atoms with Gasteiger partial charge < -0.3 is 10.1 Å². The van der Waals surface area contributed by atoms with Gasteiger partial charge in [-0.2, -0.15) is 0 Å². The van der Waals surface area contributed by atoms with Crippen molar-refractivity contribution < 1.29 is 9.53 Å². The zero-order valence-corrected chi connectivity index (χ0v) is 11.7. The highest BCUT2D eigenvalue weighted by atomic mass is 16.5. The normalized spacial score (nSPS) is 10.5. The summed E-state index contributed by atoms with van der Waals surface area (Å²) in [7, 11) is 1.61. The Kier molecular flexibility index (Phi) is 6.91. The predicted octanol–water partition coefficient (Wildman–Crippen LogP) is 0.171. The maximum absolute atomic E-state index is 11.6. The molecule has 7 heteroatoms. The molecule has 19 heavy (non-hydrogen) atoms. The van der Waals surface area contributed by atoms with Crippen LogP contribution < -0.4 is 10.6 Å². The molecule has 106 valence electrons. The molecule has 0 bridgehead atoms. The second-order valence-corrected chi connectivity index (χ2v) is 3.95. The molecule has 0 aliphatic rings. The summed E-state index contributed by atoms with van der Waals surface area (Å²) in [4.78, 5) is 15.9. The van der Waals surface area contributed by atoms with Crippen LogP contribution in [0.15, 0.2) is 0 Å². The van der Waals surface area contributed by atoms with Gasteiger partial charge in [-0.05, 0) is 12.8 Å². The first-order chi connectivity index (χ1) is 9.21. The van der Waals surface area contributed by atoms with Gasteiger partial charge >= 0.3 is 0 Å². The number of hydrogen-bond donors (Lipinski definition) is 2. The zero-order chi connectivity index (χ0) is 14.1. The smallest absolute Gasteiger partial charge is 0.249 e. The third-order valence-electron chi connectivity index (χ3n) is 2.53. The van der Waals surface area contributed by atoms with Crippen LogP contribution in [0, 0.1) is 0 Å². The molecule has 2 N–H and O–H groups in total. The lowest BCUT2D eigenvalue weighted by molar-refractivity contribution is -0.115. The monoisotopic (exact) mass is 267 g/mol. The number of amides is 1. The van der Waals surface area contributed by atoms with Crippen molar-refractivity contribution in [1.82, 2.24) is 20.5 Å². The summed E-state index contributed by atoms with van der Waals surface area (Å²) in [5.41, 5.74) is 1.75. The lowest BCUT2D eigenvalue weighted by Gasteiger charge is -2.07. The van der Waals surface area contributed by atoms with Gasteiger partial charge in [-0.25, -0.2) is 4.98 Å². The van der Waals surface area contributed by atoms with Crippen molar-refractivity contribution in [2.75, 3.05) is 32.1 Å². The first-order valence-corrected chi connectivity index (χ1v) is 6.43. The summed E-state index contributed by atoms with van der Waals surface area (Å²) in [5, 5.41) is 13.5. The fraction of sp³-hybridized carbons (Fsp3) is 0.667. The van der Waals surface area contributed by atoms with Crippen molar-refractivity contribution in [3.8, 4) is 0 Å². The molecule has 1 aromatic rings. The number of carbonyl (C=O) groups excluding carboxylic acids is 1. The van der Waals surface area contributed by atoms with Gasteiger partial charge in [-0.15, -0.1) is 10.2 Å². The average Bonchev–Trinajstić information content (AvgIpc) is 2.43. The van der Waals surface area contributed by atoms with Crippen molar-refractivity contribution in [1.29, 1.82) is 0 Å². The number of nitrogens with one attached hydrogen (secondary N) is 2. The number of rotatable bonds is 8. The Labute approximate surface area is 113 Å². The maximum atomic E-state index is 11.6. The molecule has 0 saturated carbocycles. The SMILES string of the molecule is CCc1nnc(NC(=O)CNCCOC)nc1CC. The highest BCUT2D eigenvalue weighted by Gasteiger charge is 2.08. The summed E-state index contributed by atoms with van der Waals surface area (Å²) < 4.78 is 4.87. The van der Waals surface area contributed by atoms with Gasteiger partial charge in [0.1, 0.15) is 0 Å². The molecule has 1 aromatic heterocycles. The lowest BCUT2D eigenvalue weighted by atomic mass is 10.2. The van der Waals surface area contributed by atoms with Crippen LogP contribution in [0.2, 0.25) is 0 Å². The number of carbonyl (C=O) groups is 1. The van der Waals surface area contributed by atoms with E-state index in [-0.39, 0.29) is 18.4 Å². The van der Waals surface area contributed by atoms with E-state index in [0.29, 0.717) is 13.2 Å². The van der Waals surface area contributed by atoms with Crippen LogP contribution in [-0.2, 0) is 22.4 Å². The Morgan fingerprint density at radius 3 is 2.58 bits per heavy atom. The quantitative estimate of drug-likeness (QED) is 0.653. The van der Waals surface area contributed by atoms with E-state index in [1.54, 1.807) is 7.11 Å². The van der Waals surface area contributed by atoms with Gasteiger partial charge in [0.25, 0.3) is 0 Å². The van der Waals surface area contributed by atoms with E-state index < -0.39 is 0 Å². The van der Waals surface area contributed by atoms with Crippen LogP contribution in [0.25, 0.3) is 0 Å². The molecule has 1 rings (SSSR count). The number of anilines is 1. The second kappa shape index (κ2) is 8.49. The molecule has 0 unspecified atom stereocenters. The molecule has 0 aliphatic heterocycles. The highest BCUT2D eigenvalue weighted by Crippen LogP contribution is 2.06. The van der Waals surface area contributed by atoms with Crippen molar-refractivity contribution in [3.63, 3.8) is 0 Å². The number of nitrogens with zero attached hydrogens (tertiary/aromatic N) is 3. The van der Waals surface area contributed by atoms with Crippen molar-refractivity contribution in [3.05, 3.63) is 11.4 Å². The molecule has 7 nitrogen and oxygen atoms in total. The van der Waals surface area contributed by atoms with Gasteiger partial charge in [0, 0.05) is 13.7 Å². The average molecular weight is 267 g/mol. The number of aryl methyl sites for hydroxylation is 2. The number of hydrogen-bond acceptors (Lipinski definition) is 6. The molecule has 0 saturated heterocycles. The summed E-state index contributed by atoms with van der Waals surface area (Å²) in [5.74, 6) is 0.0665. The third-order valence-corrected chi connectivity index (χ3v) is 2.53. The molecule has 0 spiro atoms. The molecular formula is C12H21N5O2. The van der Waals surface area contributed by atoms with Crippen LogP contribution in [0.1, 0.15) is 25.2 Å². The Morgan fingerprint density at radius 1 is 1.21 bits per heavy atom. The van der Waals surface area contributed by atoms with Gasteiger partial charge in [-0.1, -0.05) is 13.8 Å². The first-order valence-electron chi connectivity index (χ1n) is 6.43. The van der Waals surface area contributed by atoms with E-state index in [4.69, 9.17) is 4.74 Å². The Balaban J connectivity index is 2.50. The van der Waals surface area contributed by atoms with Gasteiger partial charge in [0.05, 0.1) is 24.5 Å².